The minimum Gasteiger partial charge on any atom is -0.473 e. The van der Waals surface area contributed by atoms with Crippen molar-refractivity contribution in [2.24, 2.45) is 5.73 Å². The van der Waals surface area contributed by atoms with Crippen molar-refractivity contribution < 1.29 is 22.7 Å². The van der Waals surface area contributed by atoms with E-state index in [0.717, 1.165) is 12.1 Å². The molecule has 0 aliphatic rings. The van der Waals surface area contributed by atoms with Gasteiger partial charge < -0.3 is 10.5 Å². The molecule has 3 aromatic rings. The highest BCUT2D eigenvalue weighted by molar-refractivity contribution is 6.39. The van der Waals surface area contributed by atoms with E-state index in [2.05, 4.69) is 9.97 Å². The highest BCUT2D eigenvalue weighted by Gasteiger charge is 2.31. The Morgan fingerprint density at radius 1 is 1.10 bits per heavy atom. The van der Waals surface area contributed by atoms with Crippen molar-refractivity contribution in [1.29, 1.82) is 0 Å². The summed E-state index contributed by atoms with van der Waals surface area (Å²) < 4.78 is 44.9. The van der Waals surface area contributed by atoms with Crippen LogP contribution in [0.1, 0.15) is 27.2 Å². The smallest absolute Gasteiger partial charge is 0.416 e. The van der Waals surface area contributed by atoms with E-state index >= 15 is 0 Å². The maximum Gasteiger partial charge on any atom is 0.416 e. The third kappa shape index (κ3) is 5.25. The summed E-state index contributed by atoms with van der Waals surface area (Å²) in [6, 6.07) is 12.2. The SMILES string of the molecule is NCc1cc(OCc2cccc(C(=O)N(Cl)c3cccc(C(F)(F)F)c3)c2)ncn1. The van der Waals surface area contributed by atoms with Crippen molar-refractivity contribution in [3.05, 3.63) is 83.3 Å². The maximum absolute atomic E-state index is 12.9. The van der Waals surface area contributed by atoms with Gasteiger partial charge in [0.2, 0.25) is 5.88 Å². The largest absolute Gasteiger partial charge is 0.473 e. The Bertz CT molecular complexity index is 1050. The van der Waals surface area contributed by atoms with Gasteiger partial charge in [0.25, 0.3) is 5.91 Å². The number of alkyl halides is 3. The number of nitrogens with two attached hydrogens (primary N) is 1. The van der Waals surface area contributed by atoms with E-state index < -0.39 is 17.6 Å². The molecule has 1 aromatic heterocycles. The van der Waals surface area contributed by atoms with Crippen molar-refractivity contribution >= 4 is 23.4 Å². The van der Waals surface area contributed by atoms with E-state index in [0.29, 0.717) is 21.6 Å². The number of benzene rings is 2. The van der Waals surface area contributed by atoms with Gasteiger partial charge in [-0.05, 0) is 35.9 Å². The van der Waals surface area contributed by atoms with Gasteiger partial charge in [-0.15, -0.1) is 0 Å². The van der Waals surface area contributed by atoms with Crippen molar-refractivity contribution in [2.45, 2.75) is 19.3 Å². The first-order chi connectivity index (χ1) is 14.3. The predicted octanol–water partition coefficient (Wildman–Crippen LogP) is 4.33. The van der Waals surface area contributed by atoms with Crippen LogP contribution in [0.4, 0.5) is 18.9 Å². The minimum atomic E-state index is -4.54. The molecule has 1 amide bonds. The van der Waals surface area contributed by atoms with E-state index in [4.69, 9.17) is 22.2 Å². The van der Waals surface area contributed by atoms with E-state index in [1.54, 1.807) is 18.2 Å². The van der Waals surface area contributed by atoms with Gasteiger partial charge in [-0.25, -0.2) is 14.4 Å². The maximum atomic E-state index is 12.9. The number of anilines is 1. The lowest BCUT2D eigenvalue weighted by atomic mass is 10.1. The number of aromatic nitrogens is 2. The van der Waals surface area contributed by atoms with Gasteiger partial charge >= 0.3 is 6.18 Å². The molecule has 0 aliphatic heterocycles. The Labute approximate surface area is 175 Å². The molecule has 1 heterocycles. The fourth-order valence-electron chi connectivity index (χ4n) is 2.55. The third-order valence-corrected chi connectivity index (χ3v) is 4.40. The summed E-state index contributed by atoms with van der Waals surface area (Å²) in [6.07, 6.45) is -3.21. The van der Waals surface area contributed by atoms with E-state index in [1.165, 1.54) is 30.6 Å². The Morgan fingerprint density at radius 3 is 2.60 bits per heavy atom. The summed E-state index contributed by atoms with van der Waals surface area (Å²) >= 11 is 6.03. The molecule has 0 fully saturated rings. The quantitative estimate of drug-likeness (QED) is 0.581. The molecule has 0 bridgehead atoms. The van der Waals surface area contributed by atoms with Gasteiger partial charge in [-0.2, -0.15) is 13.2 Å². The molecule has 0 radical (unpaired) electrons. The van der Waals surface area contributed by atoms with Gasteiger partial charge in [0.1, 0.15) is 12.9 Å². The summed E-state index contributed by atoms with van der Waals surface area (Å²) in [6.45, 7) is 0.345. The fraction of sp³-hybridized carbons (Fsp3) is 0.150. The second-order valence-electron chi connectivity index (χ2n) is 6.17. The molecule has 30 heavy (non-hydrogen) atoms. The van der Waals surface area contributed by atoms with Crippen LogP contribution in [0.25, 0.3) is 0 Å². The van der Waals surface area contributed by atoms with Crippen molar-refractivity contribution in [1.82, 2.24) is 9.97 Å². The average Bonchev–Trinajstić information content (AvgIpc) is 2.76. The molecular formula is C20H16ClF3N4O2. The van der Waals surface area contributed by atoms with Gasteiger partial charge in [0.15, 0.2) is 0 Å². The summed E-state index contributed by atoms with van der Waals surface area (Å²) in [7, 11) is 0. The zero-order chi connectivity index (χ0) is 21.7. The van der Waals surface area contributed by atoms with Crippen LogP contribution in [0, 0.1) is 0 Å². The van der Waals surface area contributed by atoms with Crippen LogP contribution >= 0.6 is 11.8 Å². The number of amides is 1. The molecule has 0 unspecified atom stereocenters. The monoisotopic (exact) mass is 436 g/mol. The second-order valence-corrected chi connectivity index (χ2v) is 6.51. The molecule has 0 spiro atoms. The molecule has 156 valence electrons. The summed E-state index contributed by atoms with van der Waals surface area (Å²) in [5, 5.41) is 0. The molecule has 2 N–H and O–H groups in total. The van der Waals surface area contributed by atoms with Gasteiger partial charge in [-0.1, -0.05) is 18.2 Å². The number of hydrogen-bond donors (Lipinski definition) is 1. The van der Waals surface area contributed by atoms with Crippen LogP contribution < -0.4 is 14.9 Å². The van der Waals surface area contributed by atoms with Crippen LogP contribution in [0.2, 0.25) is 0 Å². The van der Waals surface area contributed by atoms with E-state index in [9.17, 15) is 18.0 Å². The normalized spacial score (nSPS) is 11.2. The van der Waals surface area contributed by atoms with Crippen LogP contribution in [0.3, 0.4) is 0 Å². The molecular weight excluding hydrogens is 421 g/mol. The first-order valence-electron chi connectivity index (χ1n) is 8.68. The number of rotatable bonds is 6. The molecule has 3 rings (SSSR count). The van der Waals surface area contributed by atoms with Crippen molar-refractivity contribution in [3.63, 3.8) is 0 Å². The summed E-state index contributed by atoms with van der Waals surface area (Å²) in [5.74, 6) is -0.351. The molecule has 0 saturated carbocycles. The van der Waals surface area contributed by atoms with E-state index in [1.807, 2.05) is 0 Å². The topological polar surface area (TPSA) is 81.3 Å². The van der Waals surface area contributed by atoms with Gasteiger partial charge in [-0.3, -0.25) is 4.79 Å². The number of carbonyl (C=O) groups excluding carboxylic acids is 1. The first-order valence-corrected chi connectivity index (χ1v) is 9.02. The van der Waals surface area contributed by atoms with Crippen LogP contribution in [-0.2, 0) is 19.3 Å². The molecule has 0 atom stereocenters. The second kappa shape index (κ2) is 9.10. The average molecular weight is 437 g/mol. The number of halogens is 4. The zero-order valence-corrected chi connectivity index (χ0v) is 16.2. The zero-order valence-electron chi connectivity index (χ0n) is 15.4. The highest BCUT2D eigenvalue weighted by atomic mass is 35.5. The van der Waals surface area contributed by atoms with Crippen LogP contribution in [0.5, 0.6) is 5.88 Å². The van der Waals surface area contributed by atoms with Crippen molar-refractivity contribution in [2.75, 3.05) is 4.42 Å². The summed E-state index contributed by atoms with van der Waals surface area (Å²) in [4.78, 5) is 20.6. The van der Waals surface area contributed by atoms with E-state index in [-0.39, 0.29) is 24.4 Å². The molecule has 0 aliphatic carbocycles. The minimum absolute atomic E-state index is 0.0894. The van der Waals surface area contributed by atoms with Crippen LogP contribution in [0.15, 0.2) is 60.9 Å². The fourth-order valence-corrected chi connectivity index (χ4v) is 2.76. The van der Waals surface area contributed by atoms with Gasteiger partial charge in [0.05, 0.1) is 16.9 Å². The Kier molecular flexibility index (Phi) is 6.53. The Balaban J connectivity index is 1.74. The highest BCUT2D eigenvalue weighted by Crippen LogP contribution is 2.32. The number of nitrogens with zero attached hydrogens (tertiary/aromatic N) is 3. The molecule has 2 aromatic carbocycles. The molecule has 0 saturated heterocycles. The van der Waals surface area contributed by atoms with Crippen LogP contribution in [-0.4, -0.2) is 15.9 Å². The lowest BCUT2D eigenvalue weighted by Gasteiger charge is -2.16. The standard InChI is InChI=1S/C20H16ClF3N4O2/c21-28(17-6-2-5-15(8-17)20(22,23)24)19(29)14-4-1-3-13(7-14)11-30-18-9-16(10-25)26-12-27-18/h1-9,12H,10-11,25H2. The number of ether oxygens (including phenoxy) is 1. The summed E-state index contributed by atoms with van der Waals surface area (Å²) in [5.41, 5.74) is 5.98. The molecule has 6 nitrogen and oxygen atoms in total. The lowest BCUT2D eigenvalue weighted by Crippen LogP contribution is -2.21. The third-order valence-electron chi connectivity index (χ3n) is 4.05. The Morgan fingerprint density at radius 2 is 1.87 bits per heavy atom. The first kappa shape index (κ1) is 21.5. The lowest BCUT2D eigenvalue weighted by molar-refractivity contribution is -0.137. The predicted molar refractivity (Wildman–Crippen MR) is 105 cm³/mol. The van der Waals surface area contributed by atoms with Gasteiger partial charge in [0, 0.05) is 30.0 Å². The molecule has 10 heteroatoms. The number of hydrogen-bond acceptors (Lipinski definition) is 5. The number of carbonyl (C=O) groups is 1. The Hall–Kier alpha value is -3.17. The van der Waals surface area contributed by atoms with Crippen molar-refractivity contribution in [3.8, 4) is 5.88 Å².